The molecule has 1 saturated carbocycles. The quantitative estimate of drug-likeness (QED) is 0.534. The summed E-state index contributed by atoms with van der Waals surface area (Å²) in [5.74, 6) is 1.12. The van der Waals surface area contributed by atoms with Crippen molar-refractivity contribution < 1.29 is 18.7 Å². The number of anilines is 3. The van der Waals surface area contributed by atoms with Crippen molar-refractivity contribution in [1.29, 1.82) is 0 Å². The minimum atomic E-state index is -0.987. The molecule has 3 aromatic heterocycles. The monoisotopic (exact) mass is 413 g/mol. The van der Waals surface area contributed by atoms with Gasteiger partial charge in [-0.25, -0.2) is 14.4 Å². The molecule has 1 aliphatic heterocycles. The number of pyridine rings is 1. The van der Waals surface area contributed by atoms with Crippen LogP contribution in [0.4, 0.5) is 21.7 Å². The highest BCUT2D eigenvalue weighted by atomic mass is 19.1. The van der Waals surface area contributed by atoms with E-state index in [0.717, 1.165) is 0 Å². The Labute approximate surface area is 170 Å². The number of rotatable bonds is 7. The fourth-order valence-electron chi connectivity index (χ4n) is 3.08. The first kappa shape index (κ1) is 18.6. The number of nitrogens with one attached hydrogen (secondary N) is 3. The zero-order chi connectivity index (χ0) is 20.7. The maximum Gasteiger partial charge on any atom is 0.257 e. The molecule has 0 aromatic carbocycles. The standard InChI is InChI=1S/C19H20FN7O3/c1-21-16-6-15(24-13-3-2-4-22-19(13)30-10-8-29-9-10)26-17-11(7-23-27(16)17)18(28)25-14-5-12(14)20/h2-4,6-7,10,12,14,21H,5,8-9H2,1H3,(H,24,26)(H,25,28)/t12-,14+/m1/s1. The minimum Gasteiger partial charge on any atom is -0.468 e. The minimum absolute atomic E-state index is 0.0318. The molecule has 1 aliphatic carbocycles. The van der Waals surface area contributed by atoms with Gasteiger partial charge in [-0.05, 0) is 12.1 Å². The molecule has 0 radical (unpaired) electrons. The van der Waals surface area contributed by atoms with Gasteiger partial charge in [0, 0.05) is 25.7 Å². The van der Waals surface area contributed by atoms with E-state index in [9.17, 15) is 9.18 Å². The van der Waals surface area contributed by atoms with Gasteiger partial charge in [-0.2, -0.15) is 9.61 Å². The predicted octanol–water partition coefficient (Wildman–Crippen LogP) is 1.53. The second-order valence-corrected chi connectivity index (χ2v) is 7.16. The van der Waals surface area contributed by atoms with E-state index in [2.05, 4.69) is 31.0 Å². The molecular weight excluding hydrogens is 393 g/mol. The number of hydrogen-bond donors (Lipinski definition) is 3. The van der Waals surface area contributed by atoms with Gasteiger partial charge >= 0.3 is 0 Å². The summed E-state index contributed by atoms with van der Waals surface area (Å²) in [7, 11) is 1.74. The second kappa shape index (κ2) is 7.41. The number of halogens is 1. The Hall–Kier alpha value is -3.47. The van der Waals surface area contributed by atoms with Crippen LogP contribution in [0.3, 0.4) is 0 Å². The van der Waals surface area contributed by atoms with Crippen LogP contribution in [0.2, 0.25) is 0 Å². The molecule has 1 saturated heterocycles. The largest absolute Gasteiger partial charge is 0.468 e. The van der Waals surface area contributed by atoms with Crippen molar-refractivity contribution in [3.05, 3.63) is 36.2 Å². The molecule has 3 N–H and O–H groups in total. The van der Waals surface area contributed by atoms with Gasteiger partial charge in [-0.15, -0.1) is 0 Å². The Morgan fingerprint density at radius 2 is 2.23 bits per heavy atom. The summed E-state index contributed by atoms with van der Waals surface area (Å²) in [4.78, 5) is 21.4. The highest BCUT2D eigenvalue weighted by molar-refractivity contribution is 6.00. The van der Waals surface area contributed by atoms with Crippen molar-refractivity contribution in [1.82, 2.24) is 24.9 Å². The molecule has 0 spiro atoms. The fraction of sp³-hybridized carbons (Fsp3) is 0.368. The predicted molar refractivity (Wildman–Crippen MR) is 106 cm³/mol. The van der Waals surface area contributed by atoms with Gasteiger partial charge in [0.15, 0.2) is 5.65 Å². The molecule has 156 valence electrons. The lowest BCUT2D eigenvalue weighted by atomic mass is 10.3. The average molecular weight is 413 g/mol. The summed E-state index contributed by atoms with van der Waals surface area (Å²) in [6.07, 6.45) is 2.38. The van der Waals surface area contributed by atoms with Gasteiger partial charge in [0.25, 0.3) is 5.91 Å². The van der Waals surface area contributed by atoms with Crippen molar-refractivity contribution in [2.75, 3.05) is 30.9 Å². The number of ether oxygens (including phenoxy) is 2. The van der Waals surface area contributed by atoms with Crippen LogP contribution in [0.15, 0.2) is 30.6 Å². The summed E-state index contributed by atoms with van der Waals surface area (Å²) < 4.78 is 25.7. The number of carbonyl (C=O) groups is 1. The highest BCUT2D eigenvalue weighted by Gasteiger charge is 2.39. The number of carbonyl (C=O) groups excluding carboxylic acids is 1. The zero-order valence-corrected chi connectivity index (χ0v) is 16.1. The van der Waals surface area contributed by atoms with Crippen molar-refractivity contribution in [2.24, 2.45) is 0 Å². The number of fused-ring (bicyclic) bond motifs is 1. The van der Waals surface area contributed by atoms with E-state index in [1.807, 2.05) is 6.07 Å². The lowest BCUT2D eigenvalue weighted by molar-refractivity contribution is -0.0810. The Kier molecular flexibility index (Phi) is 4.58. The van der Waals surface area contributed by atoms with E-state index in [4.69, 9.17) is 9.47 Å². The summed E-state index contributed by atoms with van der Waals surface area (Å²) >= 11 is 0. The van der Waals surface area contributed by atoms with Gasteiger partial charge in [-0.3, -0.25) is 4.79 Å². The third-order valence-corrected chi connectivity index (χ3v) is 4.92. The Bertz CT molecular complexity index is 1100. The summed E-state index contributed by atoms with van der Waals surface area (Å²) in [6.45, 7) is 1.05. The molecule has 5 rings (SSSR count). The zero-order valence-electron chi connectivity index (χ0n) is 16.1. The van der Waals surface area contributed by atoms with E-state index >= 15 is 0 Å². The van der Waals surface area contributed by atoms with Crippen LogP contribution in [0, 0.1) is 0 Å². The van der Waals surface area contributed by atoms with E-state index < -0.39 is 18.1 Å². The van der Waals surface area contributed by atoms with Crippen LogP contribution in [-0.4, -0.2) is 64.1 Å². The highest BCUT2D eigenvalue weighted by Crippen LogP contribution is 2.29. The molecule has 0 bridgehead atoms. The molecule has 10 nitrogen and oxygen atoms in total. The van der Waals surface area contributed by atoms with Gasteiger partial charge in [0.2, 0.25) is 5.88 Å². The first-order valence-corrected chi connectivity index (χ1v) is 9.60. The summed E-state index contributed by atoms with van der Waals surface area (Å²) in [5, 5.41) is 13.1. The lowest BCUT2D eigenvalue weighted by Crippen LogP contribution is -2.38. The molecule has 3 aromatic rings. The first-order valence-electron chi connectivity index (χ1n) is 9.60. The maximum absolute atomic E-state index is 13.2. The smallest absolute Gasteiger partial charge is 0.257 e. The number of alkyl halides is 1. The lowest BCUT2D eigenvalue weighted by Gasteiger charge is -2.27. The van der Waals surface area contributed by atoms with Crippen LogP contribution in [0.1, 0.15) is 16.8 Å². The second-order valence-electron chi connectivity index (χ2n) is 7.16. The van der Waals surface area contributed by atoms with Gasteiger partial charge in [0.05, 0.1) is 25.5 Å². The van der Waals surface area contributed by atoms with Crippen LogP contribution >= 0.6 is 0 Å². The Morgan fingerprint density at radius 3 is 2.93 bits per heavy atom. The van der Waals surface area contributed by atoms with Crippen molar-refractivity contribution in [2.45, 2.75) is 24.7 Å². The van der Waals surface area contributed by atoms with E-state index in [1.165, 1.54) is 10.7 Å². The van der Waals surface area contributed by atoms with E-state index in [-0.39, 0.29) is 11.7 Å². The molecule has 1 amide bonds. The van der Waals surface area contributed by atoms with Gasteiger partial charge < -0.3 is 25.4 Å². The molecule has 2 aliphatic rings. The Morgan fingerprint density at radius 1 is 1.40 bits per heavy atom. The number of nitrogens with zero attached hydrogens (tertiary/aromatic N) is 4. The van der Waals surface area contributed by atoms with Crippen LogP contribution < -0.4 is 20.7 Å². The fourth-order valence-corrected chi connectivity index (χ4v) is 3.08. The van der Waals surface area contributed by atoms with Crippen LogP contribution in [0.5, 0.6) is 5.88 Å². The third kappa shape index (κ3) is 3.47. The third-order valence-electron chi connectivity index (χ3n) is 4.92. The van der Waals surface area contributed by atoms with Crippen molar-refractivity contribution in [3.8, 4) is 5.88 Å². The topological polar surface area (TPSA) is 115 Å². The molecule has 0 unspecified atom stereocenters. The van der Waals surface area contributed by atoms with Crippen molar-refractivity contribution >= 4 is 28.9 Å². The molecule has 11 heteroatoms. The SMILES string of the molecule is CNc1cc(Nc2cccnc2OC2COC2)nc2c(C(=O)N[C@H]3C[C@H]3F)cnn12. The van der Waals surface area contributed by atoms with Crippen LogP contribution in [0.25, 0.3) is 5.65 Å². The van der Waals surface area contributed by atoms with Gasteiger partial charge in [-0.1, -0.05) is 0 Å². The Balaban J connectivity index is 1.46. The van der Waals surface area contributed by atoms with Crippen molar-refractivity contribution in [3.63, 3.8) is 0 Å². The molecule has 2 fully saturated rings. The number of amides is 1. The maximum atomic E-state index is 13.2. The van der Waals surface area contributed by atoms with Crippen LogP contribution in [-0.2, 0) is 4.74 Å². The average Bonchev–Trinajstić information content (AvgIpc) is 3.23. The normalized spacial score (nSPS) is 20.5. The van der Waals surface area contributed by atoms with E-state index in [1.54, 1.807) is 25.4 Å². The molecule has 2 atom stereocenters. The van der Waals surface area contributed by atoms with E-state index in [0.29, 0.717) is 48.5 Å². The summed E-state index contributed by atoms with van der Waals surface area (Å²) in [5.41, 5.74) is 1.24. The molecule has 30 heavy (non-hydrogen) atoms. The molecule has 4 heterocycles. The number of hydrogen-bond acceptors (Lipinski definition) is 8. The first-order chi connectivity index (χ1) is 14.6. The molecular formula is C19H20FN7O3. The number of aromatic nitrogens is 4. The summed E-state index contributed by atoms with van der Waals surface area (Å²) in [6, 6.07) is 4.92. The van der Waals surface area contributed by atoms with Gasteiger partial charge in [0.1, 0.15) is 35.2 Å².